The lowest BCUT2D eigenvalue weighted by atomic mass is 10.1. The highest BCUT2D eigenvalue weighted by molar-refractivity contribution is 5.70. The highest BCUT2D eigenvalue weighted by Gasteiger charge is 2.25. The number of unbranched alkanes of at least 4 members (excludes halogenated alkanes) is 17. The predicted octanol–water partition coefficient (Wildman–Crippen LogP) is 7.85. The minimum absolute atomic E-state index is 0.0402. The number of ether oxygens (including phenoxy) is 3. The fraction of sp³-hybridized carbons (Fsp3) is 0.868. The maximum Gasteiger partial charge on any atom is 0.306 e. The lowest BCUT2D eigenvalue weighted by molar-refractivity contribution is -0.889. The van der Waals surface area contributed by atoms with Crippen molar-refractivity contribution in [3.05, 3.63) is 12.2 Å². The fourth-order valence-electron chi connectivity index (χ4n) is 5.42. The zero-order valence-electron chi connectivity index (χ0n) is 30.5. The highest BCUT2D eigenvalue weighted by Crippen LogP contribution is 2.13. The van der Waals surface area contributed by atoms with E-state index in [1.54, 1.807) is 21.1 Å². The molecule has 2 unspecified atom stereocenters. The van der Waals surface area contributed by atoms with Crippen molar-refractivity contribution in [3.8, 4) is 0 Å². The molecule has 8 nitrogen and oxygen atoms in total. The first-order valence-corrected chi connectivity index (χ1v) is 18.7. The van der Waals surface area contributed by atoms with E-state index < -0.39 is 18.1 Å². The van der Waals surface area contributed by atoms with Gasteiger partial charge in [-0.1, -0.05) is 116 Å². The van der Waals surface area contributed by atoms with Crippen molar-refractivity contribution in [1.29, 1.82) is 0 Å². The zero-order chi connectivity index (χ0) is 34.3. The van der Waals surface area contributed by atoms with Crippen LogP contribution in [0.15, 0.2) is 12.2 Å². The second kappa shape index (κ2) is 30.4. The van der Waals surface area contributed by atoms with Gasteiger partial charge in [-0.05, 0) is 38.5 Å². The van der Waals surface area contributed by atoms with Crippen LogP contribution in [0.5, 0.6) is 0 Å². The van der Waals surface area contributed by atoms with Gasteiger partial charge in [0.2, 0.25) is 0 Å². The third kappa shape index (κ3) is 28.3. The zero-order valence-corrected chi connectivity index (χ0v) is 30.5. The van der Waals surface area contributed by atoms with Gasteiger partial charge >= 0.3 is 11.9 Å². The largest absolute Gasteiger partial charge is 0.544 e. The lowest BCUT2D eigenvalue weighted by Crippen LogP contribution is -2.55. The maximum atomic E-state index is 12.5. The van der Waals surface area contributed by atoms with E-state index in [1.165, 1.54) is 77.0 Å². The van der Waals surface area contributed by atoms with Crippen LogP contribution in [0, 0.1) is 0 Å². The molecular formula is C38H71NO7. The van der Waals surface area contributed by atoms with Gasteiger partial charge in [-0.15, -0.1) is 0 Å². The van der Waals surface area contributed by atoms with Crippen molar-refractivity contribution < 1.29 is 38.2 Å². The van der Waals surface area contributed by atoms with Crippen LogP contribution in [0.1, 0.15) is 162 Å². The summed E-state index contributed by atoms with van der Waals surface area (Å²) in [4.78, 5) is 36.5. The number of likely N-dealkylation sites (N-methyl/N-ethyl adjacent to an activating group) is 1. The Labute approximate surface area is 282 Å². The van der Waals surface area contributed by atoms with Gasteiger partial charge in [-0.25, -0.2) is 0 Å². The fourth-order valence-corrected chi connectivity index (χ4v) is 5.42. The first-order chi connectivity index (χ1) is 22.1. The van der Waals surface area contributed by atoms with E-state index in [1.807, 2.05) is 0 Å². The Balaban J connectivity index is 4.40. The van der Waals surface area contributed by atoms with E-state index in [9.17, 15) is 19.5 Å². The number of carbonyl (C=O) groups excluding carboxylic acids is 3. The summed E-state index contributed by atoms with van der Waals surface area (Å²) in [6.07, 6.45) is 28.1. The number of esters is 2. The summed E-state index contributed by atoms with van der Waals surface area (Å²) in [6, 6.07) is -0.721. The number of hydrogen-bond acceptors (Lipinski definition) is 7. The van der Waals surface area contributed by atoms with Crippen molar-refractivity contribution in [2.75, 3.05) is 41.0 Å². The number of carboxylic acid groups (broad SMARTS) is 1. The third-order valence-electron chi connectivity index (χ3n) is 8.40. The summed E-state index contributed by atoms with van der Waals surface area (Å²) in [6.45, 7) is 4.60. The molecule has 2 atom stereocenters. The molecule has 0 saturated carbocycles. The first-order valence-electron chi connectivity index (χ1n) is 18.7. The number of quaternary nitrogens is 1. The predicted molar refractivity (Wildman–Crippen MR) is 185 cm³/mol. The van der Waals surface area contributed by atoms with Gasteiger partial charge in [-0.3, -0.25) is 9.59 Å². The van der Waals surface area contributed by atoms with Gasteiger partial charge in [0, 0.05) is 19.3 Å². The van der Waals surface area contributed by atoms with Gasteiger partial charge < -0.3 is 28.6 Å². The van der Waals surface area contributed by atoms with Crippen LogP contribution >= 0.6 is 0 Å². The van der Waals surface area contributed by atoms with Crippen LogP contribution in [-0.2, 0) is 28.6 Å². The molecule has 0 amide bonds. The quantitative estimate of drug-likeness (QED) is 0.0308. The third-order valence-corrected chi connectivity index (χ3v) is 8.40. The van der Waals surface area contributed by atoms with Crippen LogP contribution in [0.2, 0.25) is 0 Å². The Kier molecular flexibility index (Phi) is 29.1. The number of hydrogen-bond donors (Lipinski definition) is 0. The number of nitrogens with zero attached hydrogens (tertiary/aromatic N) is 1. The molecule has 46 heavy (non-hydrogen) atoms. The average Bonchev–Trinajstić information content (AvgIpc) is 3.00. The first kappa shape index (κ1) is 44.1. The molecule has 0 fully saturated rings. The molecule has 270 valence electrons. The monoisotopic (exact) mass is 654 g/mol. The molecule has 0 aromatic carbocycles. The van der Waals surface area contributed by atoms with Crippen molar-refractivity contribution in [2.45, 2.75) is 174 Å². The van der Waals surface area contributed by atoms with Gasteiger partial charge in [0.05, 0.1) is 40.3 Å². The number of carboxylic acids is 1. The average molecular weight is 654 g/mol. The van der Waals surface area contributed by atoms with Crippen LogP contribution in [0.3, 0.4) is 0 Å². The summed E-state index contributed by atoms with van der Waals surface area (Å²) >= 11 is 0. The maximum absolute atomic E-state index is 12.5. The normalized spacial score (nSPS) is 13.2. The minimum Gasteiger partial charge on any atom is -0.544 e. The highest BCUT2D eigenvalue weighted by atomic mass is 16.6. The molecule has 0 saturated heterocycles. The Morgan fingerprint density at radius 2 is 1.09 bits per heavy atom. The molecule has 0 N–H and O–H groups in total. The van der Waals surface area contributed by atoms with E-state index >= 15 is 0 Å². The van der Waals surface area contributed by atoms with E-state index in [0.717, 1.165) is 51.4 Å². The van der Waals surface area contributed by atoms with Gasteiger partial charge in [0.1, 0.15) is 12.6 Å². The van der Waals surface area contributed by atoms with Gasteiger partial charge in [0.15, 0.2) is 6.10 Å². The number of carbonyl (C=O) groups is 3. The molecule has 8 heteroatoms. The van der Waals surface area contributed by atoms with Crippen LogP contribution in [-0.4, -0.2) is 75.5 Å². The molecule has 0 heterocycles. The van der Waals surface area contributed by atoms with E-state index in [0.29, 0.717) is 12.8 Å². The molecule has 0 bridgehead atoms. The SMILES string of the molecule is CCCCCCCCC/C=C/CCCCCC(=O)OCC(COCCC(C(=O)[O-])[N+](C)(C)C)OC(=O)CCCCCCCCCC. The van der Waals surface area contributed by atoms with E-state index in [2.05, 4.69) is 26.0 Å². The molecule has 0 spiro atoms. The van der Waals surface area contributed by atoms with Crippen LogP contribution in [0.25, 0.3) is 0 Å². The molecule has 0 aliphatic heterocycles. The second-order valence-electron chi connectivity index (χ2n) is 13.8. The lowest BCUT2D eigenvalue weighted by Gasteiger charge is -2.34. The van der Waals surface area contributed by atoms with Crippen LogP contribution in [0.4, 0.5) is 0 Å². The summed E-state index contributed by atoms with van der Waals surface area (Å²) in [5, 5.41) is 11.5. The van der Waals surface area contributed by atoms with Crippen molar-refractivity contribution in [2.24, 2.45) is 0 Å². The van der Waals surface area contributed by atoms with Crippen molar-refractivity contribution in [1.82, 2.24) is 0 Å². The smallest absolute Gasteiger partial charge is 0.306 e. The second-order valence-corrected chi connectivity index (χ2v) is 13.8. The van der Waals surface area contributed by atoms with Gasteiger partial charge in [0.25, 0.3) is 0 Å². The molecule has 0 aromatic heterocycles. The molecule has 0 aliphatic carbocycles. The van der Waals surface area contributed by atoms with E-state index in [4.69, 9.17) is 14.2 Å². The molecule has 0 aromatic rings. The summed E-state index contributed by atoms with van der Waals surface area (Å²) < 4.78 is 17.0. The summed E-state index contributed by atoms with van der Waals surface area (Å²) in [5.74, 6) is -1.76. The minimum atomic E-state index is -1.13. The Hall–Kier alpha value is -1.93. The standard InChI is InChI=1S/C38H71NO7/c1-6-8-10-12-14-16-17-18-19-20-21-23-24-26-28-36(40)45-33-34(32-44-31-30-35(38(42)43)39(3,4)5)46-37(41)29-27-25-22-15-13-11-9-7-2/h19-20,34-35H,6-18,21-33H2,1-5H3/b20-19+. The van der Waals surface area contributed by atoms with E-state index in [-0.39, 0.29) is 42.7 Å². The summed E-state index contributed by atoms with van der Waals surface area (Å²) in [5.41, 5.74) is 0. The van der Waals surface area contributed by atoms with Crippen LogP contribution < -0.4 is 5.11 Å². The Morgan fingerprint density at radius 3 is 1.59 bits per heavy atom. The number of rotatable bonds is 33. The molecule has 0 rings (SSSR count). The molecule has 0 radical (unpaired) electrons. The Bertz CT molecular complexity index is 778. The van der Waals surface area contributed by atoms with Gasteiger partial charge in [-0.2, -0.15) is 0 Å². The van der Waals surface area contributed by atoms with Crippen molar-refractivity contribution in [3.63, 3.8) is 0 Å². The Morgan fingerprint density at radius 1 is 0.630 bits per heavy atom. The summed E-state index contributed by atoms with van der Waals surface area (Å²) in [7, 11) is 5.39. The molecular weight excluding hydrogens is 582 g/mol. The number of allylic oxidation sites excluding steroid dienone is 2. The molecule has 0 aliphatic rings. The topological polar surface area (TPSA) is 102 Å². The number of aliphatic carboxylic acids is 1. The van der Waals surface area contributed by atoms with Crippen molar-refractivity contribution >= 4 is 17.9 Å².